The molecule has 3 aromatic rings. The van der Waals surface area contributed by atoms with E-state index >= 15 is 0 Å². The van der Waals surface area contributed by atoms with Gasteiger partial charge in [-0.2, -0.15) is 0 Å². The average molecular weight is 462 g/mol. The van der Waals surface area contributed by atoms with E-state index in [1.165, 1.54) is 12.4 Å². The fraction of sp³-hybridized carbons (Fsp3) is 0.240. The Kier molecular flexibility index (Phi) is 8.67. The van der Waals surface area contributed by atoms with E-state index in [2.05, 4.69) is 25.9 Å². The summed E-state index contributed by atoms with van der Waals surface area (Å²) in [5.41, 5.74) is 2.42. The molecule has 9 nitrogen and oxygen atoms in total. The third kappa shape index (κ3) is 6.86. The molecule has 0 aliphatic rings. The first-order chi connectivity index (χ1) is 16.5. The van der Waals surface area contributed by atoms with E-state index in [4.69, 9.17) is 4.74 Å². The van der Waals surface area contributed by atoms with Crippen LogP contribution in [0.5, 0.6) is 5.75 Å². The molecule has 34 heavy (non-hydrogen) atoms. The molecule has 0 bridgehead atoms. The highest BCUT2D eigenvalue weighted by molar-refractivity contribution is 5.97. The highest BCUT2D eigenvalue weighted by Gasteiger charge is 2.13. The van der Waals surface area contributed by atoms with Crippen molar-refractivity contribution in [2.45, 2.75) is 26.4 Å². The SMILES string of the molecule is CCCNC(=O)c1ccc(CNC(=O)c2cc(C(=O)NCc3cccc(OC)c3)ncn2)cc1. The number of ether oxygens (including phenoxy) is 1. The Balaban J connectivity index is 1.54. The van der Waals surface area contributed by atoms with Crippen molar-refractivity contribution in [3.05, 3.63) is 89.0 Å². The molecule has 0 aliphatic carbocycles. The van der Waals surface area contributed by atoms with Gasteiger partial charge in [-0.3, -0.25) is 14.4 Å². The maximum absolute atomic E-state index is 12.5. The molecule has 3 N–H and O–H groups in total. The molecule has 3 rings (SSSR count). The van der Waals surface area contributed by atoms with Crippen LogP contribution in [0.1, 0.15) is 55.8 Å². The predicted octanol–water partition coefficient (Wildman–Crippen LogP) is 2.49. The number of carbonyl (C=O) groups excluding carboxylic acids is 3. The Morgan fingerprint density at radius 2 is 1.44 bits per heavy atom. The van der Waals surface area contributed by atoms with Gasteiger partial charge in [-0.1, -0.05) is 31.2 Å². The highest BCUT2D eigenvalue weighted by Crippen LogP contribution is 2.12. The first-order valence-electron chi connectivity index (χ1n) is 10.9. The molecule has 0 aliphatic heterocycles. The molecule has 0 atom stereocenters. The number of methoxy groups -OCH3 is 1. The summed E-state index contributed by atoms with van der Waals surface area (Å²) in [7, 11) is 1.58. The van der Waals surface area contributed by atoms with Gasteiger partial charge in [0.05, 0.1) is 7.11 Å². The third-order valence-corrected chi connectivity index (χ3v) is 4.92. The van der Waals surface area contributed by atoms with Crippen LogP contribution in [0.4, 0.5) is 0 Å². The van der Waals surface area contributed by atoms with Crippen LogP contribution in [-0.4, -0.2) is 41.3 Å². The van der Waals surface area contributed by atoms with Crippen molar-refractivity contribution in [3.63, 3.8) is 0 Å². The zero-order valence-electron chi connectivity index (χ0n) is 19.1. The first kappa shape index (κ1) is 24.4. The quantitative estimate of drug-likeness (QED) is 0.426. The molecule has 0 saturated carbocycles. The molecule has 176 valence electrons. The summed E-state index contributed by atoms with van der Waals surface area (Å²) in [4.78, 5) is 44.9. The van der Waals surface area contributed by atoms with Crippen LogP contribution in [-0.2, 0) is 13.1 Å². The largest absolute Gasteiger partial charge is 0.497 e. The van der Waals surface area contributed by atoms with Crippen molar-refractivity contribution >= 4 is 17.7 Å². The summed E-state index contributed by atoms with van der Waals surface area (Å²) in [6, 6.07) is 15.7. The van der Waals surface area contributed by atoms with Crippen LogP contribution in [0.2, 0.25) is 0 Å². The van der Waals surface area contributed by atoms with Crippen molar-refractivity contribution in [1.29, 1.82) is 0 Å². The van der Waals surface area contributed by atoms with Crippen molar-refractivity contribution in [1.82, 2.24) is 25.9 Å². The minimum Gasteiger partial charge on any atom is -0.497 e. The summed E-state index contributed by atoms with van der Waals surface area (Å²) in [6.45, 7) is 3.14. The summed E-state index contributed by atoms with van der Waals surface area (Å²) in [5.74, 6) is -0.289. The minimum atomic E-state index is -0.436. The van der Waals surface area contributed by atoms with E-state index in [9.17, 15) is 14.4 Å². The molecule has 0 saturated heterocycles. The number of carbonyl (C=O) groups is 3. The van der Waals surface area contributed by atoms with Gasteiger partial charge in [0.25, 0.3) is 17.7 Å². The molecule has 0 fully saturated rings. The average Bonchev–Trinajstić information content (AvgIpc) is 2.89. The van der Waals surface area contributed by atoms with Crippen molar-refractivity contribution < 1.29 is 19.1 Å². The number of nitrogens with one attached hydrogen (secondary N) is 3. The normalized spacial score (nSPS) is 10.3. The van der Waals surface area contributed by atoms with Crippen LogP contribution in [0.3, 0.4) is 0 Å². The number of rotatable bonds is 10. The predicted molar refractivity (Wildman–Crippen MR) is 126 cm³/mol. The van der Waals surface area contributed by atoms with Crippen LogP contribution >= 0.6 is 0 Å². The van der Waals surface area contributed by atoms with E-state index in [1.54, 1.807) is 31.4 Å². The van der Waals surface area contributed by atoms with E-state index in [0.29, 0.717) is 17.9 Å². The number of nitrogens with zero attached hydrogens (tertiary/aromatic N) is 2. The molecule has 1 aromatic heterocycles. The smallest absolute Gasteiger partial charge is 0.270 e. The molecule has 0 radical (unpaired) electrons. The van der Waals surface area contributed by atoms with Crippen LogP contribution in [0.15, 0.2) is 60.9 Å². The second-order valence-corrected chi connectivity index (χ2v) is 7.46. The van der Waals surface area contributed by atoms with E-state index in [1.807, 2.05) is 31.2 Å². The van der Waals surface area contributed by atoms with E-state index in [0.717, 1.165) is 17.5 Å². The van der Waals surface area contributed by atoms with Crippen LogP contribution < -0.4 is 20.7 Å². The lowest BCUT2D eigenvalue weighted by Gasteiger charge is -2.08. The number of hydrogen-bond acceptors (Lipinski definition) is 6. The molecule has 2 aromatic carbocycles. The van der Waals surface area contributed by atoms with Gasteiger partial charge in [0, 0.05) is 31.3 Å². The minimum absolute atomic E-state index is 0.0806. The molecule has 1 heterocycles. The molecule has 0 spiro atoms. The van der Waals surface area contributed by atoms with Gasteiger partial charge in [-0.15, -0.1) is 0 Å². The van der Waals surface area contributed by atoms with Gasteiger partial charge in [-0.25, -0.2) is 9.97 Å². The van der Waals surface area contributed by atoms with Gasteiger partial charge in [0.2, 0.25) is 0 Å². The number of benzene rings is 2. The fourth-order valence-electron chi connectivity index (χ4n) is 3.05. The summed E-state index contributed by atoms with van der Waals surface area (Å²) < 4.78 is 5.18. The Bertz CT molecular complexity index is 1150. The highest BCUT2D eigenvalue weighted by atomic mass is 16.5. The number of hydrogen-bond donors (Lipinski definition) is 3. The number of aromatic nitrogens is 2. The Labute approximate surface area is 198 Å². The Morgan fingerprint density at radius 3 is 2.06 bits per heavy atom. The zero-order valence-corrected chi connectivity index (χ0v) is 19.1. The summed E-state index contributed by atoms with van der Waals surface area (Å²) >= 11 is 0. The maximum atomic E-state index is 12.5. The summed E-state index contributed by atoms with van der Waals surface area (Å²) in [6.07, 6.45) is 2.05. The lowest BCUT2D eigenvalue weighted by Crippen LogP contribution is -2.27. The van der Waals surface area contributed by atoms with Gasteiger partial charge < -0.3 is 20.7 Å². The van der Waals surface area contributed by atoms with E-state index < -0.39 is 11.8 Å². The van der Waals surface area contributed by atoms with E-state index in [-0.39, 0.29) is 30.4 Å². The number of amides is 3. The van der Waals surface area contributed by atoms with Gasteiger partial charge in [0.15, 0.2) is 0 Å². The van der Waals surface area contributed by atoms with Crippen molar-refractivity contribution in [2.75, 3.05) is 13.7 Å². The lowest BCUT2D eigenvalue weighted by atomic mass is 10.1. The van der Waals surface area contributed by atoms with Gasteiger partial charge >= 0.3 is 0 Å². The van der Waals surface area contributed by atoms with Crippen LogP contribution in [0, 0.1) is 0 Å². The lowest BCUT2D eigenvalue weighted by molar-refractivity contribution is 0.0936. The second-order valence-electron chi connectivity index (χ2n) is 7.46. The third-order valence-electron chi connectivity index (χ3n) is 4.92. The molecule has 9 heteroatoms. The van der Waals surface area contributed by atoms with Gasteiger partial charge in [0.1, 0.15) is 23.5 Å². The zero-order chi connectivity index (χ0) is 24.3. The van der Waals surface area contributed by atoms with Crippen molar-refractivity contribution in [2.24, 2.45) is 0 Å². The summed E-state index contributed by atoms with van der Waals surface area (Å²) in [5, 5.41) is 8.34. The molecular weight excluding hydrogens is 434 g/mol. The molecule has 3 amide bonds. The second kappa shape index (κ2) is 12.1. The van der Waals surface area contributed by atoms with Crippen LogP contribution in [0.25, 0.3) is 0 Å². The van der Waals surface area contributed by atoms with Crippen molar-refractivity contribution in [3.8, 4) is 5.75 Å². The Hall–Kier alpha value is -4.27. The topological polar surface area (TPSA) is 122 Å². The standard InChI is InChI=1S/C25H27N5O4/c1-3-11-26-23(31)19-9-7-17(8-10-19)14-27-24(32)21-13-22(30-16-29-21)25(33)28-15-18-5-4-6-20(12-18)34-2/h4-10,12-13,16H,3,11,14-15H2,1-2H3,(H,26,31)(H,27,32)(H,28,33). The van der Waals surface area contributed by atoms with Gasteiger partial charge in [-0.05, 0) is 41.8 Å². The first-order valence-corrected chi connectivity index (χ1v) is 10.9. The maximum Gasteiger partial charge on any atom is 0.270 e. The monoisotopic (exact) mass is 461 g/mol. The molecule has 0 unspecified atom stereocenters. The Morgan fingerprint density at radius 1 is 0.794 bits per heavy atom. The molecular formula is C25H27N5O4. The fourth-order valence-corrected chi connectivity index (χ4v) is 3.05.